The van der Waals surface area contributed by atoms with Crippen LogP contribution in [-0.4, -0.2) is 28.2 Å². The first kappa shape index (κ1) is 28.4. The van der Waals surface area contributed by atoms with E-state index in [0.29, 0.717) is 23.0 Å². The Morgan fingerprint density at radius 2 is 1.68 bits per heavy atom. The number of aromatic nitrogens is 1. The predicted octanol–water partition coefficient (Wildman–Crippen LogP) is 7.32. The Morgan fingerprint density at radius 1 is 1.03 bits per heavy atom. The third-order valence-corrected chi connectivity index (χ3v) is 5.62. The van der Waals surface area contributed by atoms with Crippen LogP contribution in [-0.2, 0) is 17.5 Å². The number of alkyl halides is 6. The molecule has 1 amide bonds. The zero-order valence-electron chi connectivity index (χ0n) is 20.1. The zero-order chi connectivity index (χ0) is 27.9. The Bertz CT molecular complexity index is 1340. The molecule has 0 fully saturated rings. The highest BCUT2D eigenvalue weighted by molar-refractivity contribution is 6.34. The summed E-state index contributed by atoms with van der Waals surface area (Å²) in [5.41, 5.74) is -2.69. The van der Waals surface area contributed by atoms with Gasteiger partial charge in [0.25, 0.3) is 5.91 Å². The van der Waals surface area contributed by atoms with Crippen LogP contribution in [0.25, 0.3) is 10.9 Å². The Balaban J connectivity index is 2.03. The number of ether oxygens (including phenoxy) is 1. The Kier molecular flexibility index (Phi) is 7.61. The maximum atomic E-state index is 13.9. The SMILES string of the molecule is CCn1c(C(=O)NC(c2cccc(C(F)(F)F)c2)C(F)(F)F)cc2cc(C(=O)OC(C)(C)C)c(Cl)cc21. The van der Waals surface area contributed by atoms with Gasteiger partial charge in [0.15, 0.2) is 6.04 Å². The van der Waals surface area contributed by atoms with Gasteiger partial charge in [0.1, 0.15) is 11.3 Å². The van der Waals surface area contributed by atoms with Crippen molar-refractivity contribution in [2.45, 2.75) is 58.2 Å². The van der Waals surface area contributed by atoms with Gasteiger partial charge in [-0.15, -0.1) is 0 Å². The largest absolute Gasteiger partial charge is 0.456 e. The molecule has 3 rings (SSSR count). The van der Waals surface area contributed by atoms with E-state index in [2.05, 4.69) is 0 Å². The molecule has 1 heterocycles. The molecule has 200 valence electrons. The first-order valence-electron chi connectivity index (χ1n) is 11.0. The number of aryl methyl sites for hydroxylation is 1. The van der Waals surface area contributed by atoms with Crippen LogP contribution in [0.1, 0.15) is 65.7 Å². The fourth-order valence-electron chi connectivity index (χ4n) is 3.76. The van der Waals surface area contributed by atoms with Crippen molar-refractivity contribution in [1.29, 1.82) is 0 Å². The highest BCUT2D eigenvalue weighted by Crippen LogP contribution is 2.37. The number of rotatable bonds is 5. The van der Waals surface area contributed by atoms with E-state index in [0.717, 1.165) is 12.1 Å². The molecule has 0 saturated heterocycles. The van der Waals surface area contributed by atoms with Crippen molar-refractivity contribution in [3.63, 3.8) is 0 Å². The van der Waals surface area contributed by atoms with E-state index in [4.69, 9.17) is 16.3 Å². The van der Waals surface area contributed by atoms with Crippen molar-refractivity contribution >= 4 is 34.4 Å². The lowest BCUT2D eigenvalue weighted by Gasteiger charge is -2.23. The van der Waals surface area contributed by atoms with E-state index in [-0.39, 0.29) is 22.8 Å². The van der Waals surface area contributed by atoms with Gasteiger partial charge in [-0.3, -0.25) is 4.79 Å². The standard InChI is InChI=1S/C25H23ClF6N2O3/c1-5-34-18-12-17(26)16(22(36)37-23(2,3)4)10-14(18)11-19(34)21(35)33-20(25(30,31)32)13-7-6-8-15(9-13)24(27,28)29/h6-12,20H,5H2,1-4H3,(H,33,35). The summed E-state index contributed by atoms with van der Waals surface area (Å²) in [5.74, 6) is -1.90. The lowest BCUT2D eigenvalue weighted by atomic mass is 10.0. The van der Waals surface area contributed by atoms with E-state index >= 15 is 0 Å². The first-order valence-corrected chi connectivity index (χ1v) is 11.4. The van der Waals surface area contributed by atoms with Crippen LogP contribution in [0.3, 0.4) is 0 Å². The third-order valence-electron chi connectivity index (χ3n) is 5.31. The maximum Gasteiger partial charge on any atom is 0.416 e. The lowest BCUT2D eigenvalue weighted by molar-refractivity contribution is -0.156. The number of amides is 1. The van der Waals surface area contributed by atoms with Crippen LogP contribution < -0.4 is 5.32 Å². The van der Waals surface area contributed by atoms with Crippen molar-refractivity contribution in [3.05, 3.63) is 69.9 Å². The molecule has 0 radical (unpaired) electrons. The fourth-order valence-corrected chi connectivity index (χ4v) is 3.99. The minimum Gasteiger partial charge on any atom is -0.456 e. The number of fused-ring (bicyclic) bond motifs is 1. The molecular formula is C25H23ClF6N2O3. The monoisotopic (exact) mass is 548 g/mol. The number of benzene rings is 2. The predicted molar refractivity (Wildman–Crippen MR) is 125 cm³/mol. The number of halogens is 7. The van der Waals surface area contributed by atoms with Gasteiger partial charge in [-0.1, -0.05) is 23.7 Å². The Labute approximate surface area is 213 Å². The maximum absolute atomic E-state index is 13.9. The number of hydrogen-bond donors (Lipinski definition) is 1. The first-order chi connectivity index (χ1) is 16.9. The zero-order valence-corrected chi connectivity index (χ0v) is 20.9. The molecule has 3 aromatic rings. The molecule has 0 saturated carbocycles. The average molecular weight is 549 g/mol. The third kappa shape index (κ3) is 6.38. The molecule has 5 nitrogen and oxygen atoms in total. The molecule has 37 heavy (non-hydrogen) atoms. The van der Waals surface area contributed by atoms with Gasteiger partial charge < -0.3 is 14.6 Å². The highest BCUT2D eigenvalue weighted by atomic mass is 35.5. The number of hydrogen-bond acceptors (Lipinski definition) is 3. The number of carbonyl (C=O) groups excluding carboxylic acids is 2. The van der Waals surface area contributed by atoms with Crippen LogP contribution in [0.15, 0.2) is 42.5 Å². The normalized spacial score (nSPS) is 13.5. The Hall–Kier alpha value is -3.21. The average Bonchev–Trinajstić information content (AvgIpc) is 3.11. The van der Waals surface area contributed by atoms with Crippen LogP contribution in [0.4, 0.5) is 26.3 Å². The second kappa shape index (κ2) is 9.92. The van der Waals surface area contributed by atoms with Crippen LogP contribution in [0.5, 0.6) is 0 Å². The second-order valence-electron chi connectivity index (χ2n) is 9.24. The molecule has 1 atom stereocenters. The van der Waals surface area contributed by atoms with Crippen LogP contribution in [0, 0.1) is 0 Å². The molecule has 2 aromatic carbocycles. The van der Waals surface area contributed by atoms with Gasteiger partial charge in [-0.25, -0.2) is 4.79 Å². The van der Waals surface area contributed by atoms with Crippen LogP contribution in [0.2, 0.25) is 5.02 Å². The van der Waals surface area contributed by atoms with Crippen molar-refractivity contribution in [3.8, 4) is 0 Å². The molecule has 0 aliphatic carbocycles. The summed E-state index contributed by atoms with van der Waals surface area (Å²) < 4.78 is 87.5. The number of nitrogens with zero attached hydrogens (tertiary/aromatic N) is 1. The quantitative estimate of drug-likeness (QED) is 0.268. The van der Waals surface area contributed by atoms with E-state index in [1.54, 1.807) is 27.7 Å². The van der Waals surface area contributed by atoms with E-state index < -0.39 is 47.0 Å². The number of carbonyl (C=O) groups is 2. The summed E-state index contributed by atoms with van der Waals surface area (Å²) in [6.45, 7) is 6.77. The molecule has 1 N–H and O–H groups in total. The van der Waals surface area contributed by atoms with Gasteiger partial charge >= 0.3 is 18.3 Å². The summed E-state index contributed by atoms with van der Waals surface area (Å²) in [7, 11) is 0. The molecule has 1 aromatic heterocycles. The van der Waals surface area contributed by atoms with Gasteiger partial charge in [0.2, 0.25) is 0 Å². The summed E-state index contributed by atoms with van der Waals surface area (Å²) in [6.07, 6.45) is -9.95. The topological polar surface area (TPSA) is 60.3 Å². The summed E-state index contributed by atoms with van der Waals surface area (Å²) in [6, 6.07) is 4.01. The van der Waals surface area contributed by atoms with Crippen molar-refractivity contribution in [2.75, 3.05) is 0 Å². The minimum atomic E-state index is -5.09. The van der Waals surface area contributed by atoms with Gasteiger partial charge in [0, 0.05) is 11.9 Å². The smallest absolute Gasteiger partial charge is 0.416 e. The number of nitrogens with one attached hydrogen (secondary N) is 1. The van der Waals surface area contributed by atoms with Crippen molar-refractivity contribution in [1.82, 2.24) is 9.88 Å². The molecule has 12 heteroatoms. The molecule has 1 unspecified atom stereocenters. The molecule has 0 aliphatic rings. The summed E-state index contributed by atoms with van der Waals surface area (Å²) >= 11 is 6.27. The molecule has 0 bridgehead atoms. The Morgan fingerprint density at radius 3 is 2.22 bits per heavy atom. The van der Waals surface area contributed by atoms with E-state index in [9.17, 15) is 35.9 Å². The van der Waals surface area contributed by atoms with E-state index in [1.807, 2.05) is 5.32 Å². The molecule has 0 spiro atoms. The van der Waals surface area contributed by atoms with Crippen molar-refractivity contribution in [2.24, 2.45) is 0 Å². The van der Waals surface area contributed by atoms with Crippen LogP contribution >= 0.6 is 11.6 Å². The van der Waals surface area contributed by atoms with Crippen molar-refractivity contribution < 1.29 is 40.7 Å². The molecular weight excluding hydrogens is 526 g/mol. The fraction of sp³-hybridized carbons (Fsp3) is 0.360. The highest BCUT2D eigenvalue weighted by Gasteiger charge is 2.43. The van der Waals surface area contributed by atoms with Gasteiger partial charge in [-0.05, 0) is 63.6 Å². The van der Waals surface area contributed by atoms with Gasteiger partial charge in [0.05, 0.1) is 21.7 Å². The summed E-state index contributed by atoms with van der Waals surface area (Å²) in [4.78, 5) is 25.6. The van der Waals surface area contributed by atoms with Gasteiger partial charge in [-0.2, -0.15) is 26.3 Å². The summed E-state index contributed by atoms with van der Waals surface area (Å²) in [5, 5.41) is 2.16. The number of esters is 1. The minimum absolute atomic E-state index is 0.00133. The lowest BCUT2D eigenvalue weighted by Crippen LogP contribution is -2.39. The molecule has 0 aliphatic heterocycles. The second-order valence-corrected chi connectivity index (χ2v) is 9.65. The van der Waals surface area contributed by atoms with E-state index in [1.165, 1.54) is 22.8 Å².